The zero-order chi connectivity index (χ0) is 10.4. The van der Waals surface area contributed by atoms with Gasteiger partial charge in [0, 0.05) is 10.7 Å². The minimum Gasteiger partial charge on any atom is -0.476 e. The van der Waals surface area contributed by atoms with Crippen LogP contribution < -0.4 is 10.5 Å². The lowest BCUT2D eigenvalue weighted by Crippen LogP contribution is -2.02. The number of rotatable bonds is 5. The fourth-order valence-electron chi connectivity index (χ4n) is 1.08. The first-order chi connectivity index (χ1) is 6.74. The molecule has 0 aliphatic rings. The van der Waals surface area contributed by atoms with Crippen molar-refractivity contribution < 1.29 is 4.74 Å². The zero-order valence-electron chi connectivity index (χ0n) is 8.29. The zero-order valence-corrected chi connectivity index (χ0v) is 9.88. The summed E-state index contributed by atoms with van der Waals surface area (Å²) in [5.41, 5.74) is 6.30. The molecule has 3 nitrogen and oxygen atoms in total. The maximum Gasteiger partial charge on any atom is 0.237 e. The molecule has 0 saturated heterocycles. The molecule has 1 rings (SSSR count). The van der Waals surface area contributed by atoms with Crippen molar-refractivity contribution in [2.24, 2.45) is 0 Å². The Kier molecular flexibility index (Phi) is 4.73. The van der Waals surface area contributed by atoms with E-state index in [2.05, 4.69) is 27.8 Å². The lowest BCUT2D eigenvalue weighted by atomic mass is 10.3. The number of hydrogen-bond donors (Lipinski definition) is 1. The van der Waals surface area contributed by atoms with Crippen molar-refractivity contribution in [3.05, 3.63) is 16.7 Å². The van der Waals surface area contributed by atoms with Crippen LogP contribution in [0.3, 0.4) is 0 Å². The summed E-state index contributed by atoms with van der Waals surface area (Å²) in [5.74, 6) is 0.532. The molecule has 1 aromatic rings. The van der Waals surface area contributed by atoms with Crippen LogP contribution in [0.15, 0.2) is 16.7 Å². The van der Waals surface area contributed by atoms with E-state index in [1.165, 1.54) is 12.8 Å². The van der Waals surface area contributed by atoms with Crippen LogP contribution in [0.1, 0.15) is 26.2 Å². The molecule has 0 aliphatic heterocycles. The van der Waals surface area contributed by atoms with E-state index in [0.717, 1.165) is 10.9 Å². The maximum absolute atomic E-state index is 5.72. The summed E-state index contributed by atoms with van der Waals surface area (Å²) in [6.07, 6.45) is 5.10. The minimum absolute atomic E-state index is 0.532. The summed E-state index contributed by atoms with van der Waals surface area (Å²) in [7, 11) is 0. The predicted molar refractivity (Wildman–Crippen MR) is 61.4 cm³/mol. The minimum atomic E-state index is 0.532. The second-order valence-corrected chi connectivity index (χ2v) is 4.02. The lowest BCUT2D eigenvalue weighted by molar-refractivity contribution is 0.296. The van der Waals surface area contributed by atoms with Gasteiger partial charge >= 0.3 is 0 Å². The lowest BCUT2D eigenvalue weighted by Gasteiger charge is -2.06. The van der Waals surface area contributed by atoms with E-state index < -0.39 is 0 Å². The van der Waals surface area contributed by atoms with Crippen LogP contribution in [0.5, 0.6) is 5.88 Å². The quantitative estimate of drug-likeness (QED) is 0.827. The number of ether oxygens (including phenoxy) is 1. The van der Waals surface area contributed by atoms with Gasteiger partial charge in [-0.05, 0) is 28.4 Å². The highest BCUT2D eigenvalue weighted by molar-refractivity contribution is 9.10. The predicted octanol–water partition coefficient (Wildman–Crippen LogP) is 3.00. The molecule has 0 amide bonds. The van der Waals surface area contributed by atoms with Gasteiger partial charge in [-0.2, -0.15) is 0 Å². The Hall–Kier alpha value is -0.770. The van der Waals surface area contributed by atoms with Crippen LogP contribution in [0.4, 0.5) is 5.69 Å². The number of aromatic nitrogens is 1. The Labute approximate surface area is 92.8 Å². The first-order valence-corrected chi connectivity index (χ1v) is 5.57. The molecule has 78 valence electrons. The molecule has 0 aromatic carbocycles. The first-order valence-electron chi connectivity index (χ1n) is 4.78. The average Bonchev–Trinajstić information content (AvgIpc) is 2.15. The van der Waals surface area contributed by atoms with E-state index in [-0.39, 0.29) is 0 Å². The van der Waals surface area contributed by atoms with E-state index in [4.69, 9.17) is 10.5 Å². The van der Waals surface area contributed by atoms with Crippen molar-refractivity contribution in [3.63, 3.8) is 0 Å². The third kappa shape index (κ3) is 3.54. The van der Waals surface area contributed by atoms with Crippen molar-refractivity contribution >= 4 is 21.6 Å². The van der Waals surface area contributed by atoms with Crippen LogP contribution in [-0.2, 0) is 0 Å². The van der Waals surface area contributed by atoms with Gasteiger partial charge in [-0.25, -0.2) is 4.98 Å². The fourth-order valence-corrected chi connectivity index (χ4v) is 1.43. The van der Waals surface area contributed by atoms with Gasteiger partial charge in [0.2, 0.25) is 5.88 Å². The molecule has 0 atom stereocenters. The second kappa shape index (κ2) is 5.86. The molecule has 0 spiro atoms. The van der Waals surface area contributed by atoms with E-state index in [1.807, 2.05) is 0 Å². The molecule has 1 heterocycles. The van der Waals surface area contributed by atoms with Gasteiger partial charge in [-0.1, -0.05) is 19.8 Å². The first kappa shape index (κ1) is 11.3. The number of pyridine rings is 1. The van der Waals surface area contributed by atoms with Crippen molar-refractivity contribution in [2.75, 3.05) is 12.3 Å². The van der Waals surface area contributed by atoms with Gasteiger partial charge in [0.1, 0.15) is 0 Å². The largest absolute Gasteiger partial charge is 0.476 e. The number of halogens is 1. The summed E-state index contributed by atoms with van der Waals surface area (Å²) >= 11 is 3.29. The molecule has 0 saturated carbocycles. The van der Waals surface area contributed by atoms with Gasteiger partial charge in [-0.15, -0.1) is 0 Å². The summed E-state index contributed by atoms with van der Waals surface area (Å²) in [5, 5.41) is 0. The number of unbranched alkanes of at least 4 members (excludes halogenated alkanes) is 2. The molecular formula is C10H15BrN2O. The van der Waals surface area contributed by atoms with E-state index >= 15 is 0 Å². The van der Waals surface area contributed by atoms with Crippen LogP contribution in [0.25, 0.3) is 0 Å². The molecule has 1 aromatic heterocycles. The van der Waals surface area contributed by atoms with E-state index in [9.17, 15) is 0 Å². The number of nitrogen functional groups attached to an aromatic ring is 1. The monoisotopic (exact) mass is 258 g/mol. The smallest absolute Gasteiger partial charge is 0.237 e. The summed E-state index contributed by atoms with van der Waals surface area (Å²) in [4.78, 5) is 4.08. The van der Waals surface area contributed by atoms with Gasteiger partial charge in [0.15, 0.2) is 0 Å². The average molecular weight is 259 g/mol. The Morgan fingerprint density at radius 2 is 2.29 bits per heavy atom. The highest BCUT2D eigenvalue weighted by atomic mass is 79.9. The van der Waals surface area contributed by atoms with Gasteiger partial charge in [-0.3, -0.25) is 0 Å². The Bertz CT molecular complexity index is 291. The summed E-state index contributed by atoms with van der Waals surface area (Å²) in [6.45, 7) is 2.85. The van der Waals surface area contributed by atoms with Crippen LogP contribution >= 0.6 is 15.9 Å². The topological polar surface area (TPSA) is 48.1 Å². The van der Waals surface area contributed by atoms with E-state index in [0.29, 0.717) is 18.2 Å². The molecule has 0 unspecified atom stereocenters. The van der Waals surface area contributed by atoms with Gasteiger partial charge in [0.05, 0.1) is 12.3 Å². The standard InChI is InChI=1S/C10H15BrN2O/c1-2-3-4-5-14-10-9(12)6-8(11)7-13-10/h6-7H,2-5,12H2,1H3. The molecule has 0 bridgehead atoms. The number of anilines is 1. The molecular weight excluding hydrogens is 244 g/mol. The fraction of sp³-hybridized carbons (Fsp3) is 0.500. The van der Waals surface area contributed by atoms with Crippen molar-refractivity contribution in [1.82, 2.24) is 4.98 Å². The van der Waals surface area contributed by atoms with Crippen molar-refractivity contribution in [2.45, 2.75) is 26.2 Å². The third-order valence-electron chi connectivity index (χ3n) is 1.83. The Morgan fingerprint density at radius 1 is 1.50 bits per heavy atom. The number of nitrogens with zero attached hydrogens (tertiary/aromatic N) is 1. The summed E-state index contributed by atoms with van der Waals surface area (Å²) < 4.78 is 6.31. The highest BCUT2D eigenvalue weighted by Crippen LogP contribution is 2.21. The second-order valence-electron chi connectivity index (χ2n) is 3.10. The molecule has 2 N–H and O–H groups in total. The highest BCUT2D eigenvalue weighted by Gasteiger charge is 2.01. The molecule has 0 aliphatic carbocycles. The van der Waals surface area contributed by atoms with Crippen LogP contribution in [0, 0.1) is 0 Å². The Morgan fingerprint density at radius 3 is 2.93 bits per heavy atom. The molecule has 0 fully saturated rings. The third-order valence-corrected chi connectivity index (χ3v) is 2.27. The van der Waals surface area contributed by atoms with Gasteiger partial charge < -0.3 is 10.5 Å². The van der Waals surface area contributed by atoms with Crippen LogP contribution in [-0.4, -0.2) is 11.6 Å². The van der Waals surface area contributed by atoms with Crippen molar-refractivity contribution in [1.29, 1.82) is 0 Å². The van der Waals surface area contributed by atoms with Crippen LogP contribution in [0.2, 0.25) is 0 Å². The number of nitrogens with two attached hydrogens (primary N) is 1. The van der Waals surface area contributed by atoms with E-state index in [1.54, 1.807) is 12.3 Å². The molecule has 4 heteroatoms. The maximum atomic E-state index is 5.72. The normalized spacial score (nSPS) is 10.1. The summed E-state index contributed by atoms with van der Waals surface area (Å²) in [6, 6.07) is 1.79. The molecule has 0 radical (unpaired) electrons. The van der Waals surface area contributed by atoms with Crippen molar-refractivity contribution in [3.8, 4) is 5.88 Å². The van der Waals surface area contributed by atoms with Gasteiger partial charge in [0.25, 0.3) is 0 Å². The molecule has 14 heavy (non-hydrogen) atoms. The SMILES string of the molecule is CCCCCOc1ncc(Br)cc1N. The number of hydrogen-bond acceptors (Lipinski definition) is 3. The Balaban J connectivity index is 2.42.